The van der Waals surface area contributed by atoms with Gasteiger partial charge in [-0.2, -0.15) is 15.4 Å². The summed E-state index contributed by atoms with van der Waals surface area (Å²) in [5.74, 6) is 0. The van der Waals surface area contributed by atoms with Gasteiger partial charge in [-0.25, -0.2) is 0 Å². The number of hydrogen-bond acceptors (Lipinski definition) is 2. The van der Waals surface area contributed by atoms with Crippen LogP contribution < -0.4 is 0 Å². The minimum Gasteiger partial charge on any atom is -0.197 e. The predicted molar refractivity (Wildman–Crippen MR) is 58.8 cm³/mol. The highest BCUT2D eigenvalue weighted by Gasteiger charge is 2.31. The Morgan fingerprint density at radius 1 is 1.14 bits per heavy atom. The quantitative estimate of drug-likeness (QED) is 0.784. The van der Waals surface area contributed by atoms with Crippen LogP contribution in [0, 0.1) is 5.41 Å². The fourth-order valence-corrected chi connectivity index (χ4v) is 1.56. The van der Waals surface area contributed by atoms with Crippen molar-refractivity contribution in [3.05, 3.63) is 11.4 Å². The Hall–Kier alpha value is 0.01000. The molecule has 14 heavy (non-hydrogen) atoms. The summed E-state index contributed by atoms with van der Waals surface area (Å²) < 4.78 is -1.51. The Kier molecular flexibility index (Phi) is 3.34. The van der Waals surface area contributed by atoms with Crippen LogP contribution in [-0.2, 0) is 10.2 Å². The van der Waals surface area contributed by atoms with Gasteiger partial charge >= 0.3 is 0 Å². The van der Waals surface area contributed by atoms with Gasteiger partial charge in [0, 0.05) is 0 Å². The van der Waals surface area contributed by atoms with E-state index in [1.807, 2.05) is 0 Å². The first-order valence-corrected chi connectivity index (χ1v) is 5.30. The number of hydrogen-bond donors (Lipinski definition) is 1. The molecule has 1 rings (SSSR count). The monoisotopic (exact) mass is 255 g/mol. The first-order chi connectivity index (χ1) is 6.20. The van der Waals surface area contributed by atoms with E-state index in [0.29, 0.717) is 17.8 Å². The molecule has 0 atom stereocenters. The largest absolute Gasteiger partial charge is 0.236 e. The molecule has 1 N–H and O–H groups in total. The molecule has 0 radical (unpaired) electrons. The van der Waals surface area contributed by atoms with Crippen molar-refractivity contribution in [2.24, 2.45) is 5.41 Å². The van der Waals surface area contributed by atoms with Crippen LogP contribution in [0.4, 0.5) is 0 Å². The van der Waals surface area contributed by atoms with E-state index >= 15 is 0 Å². The normalized spacial score (nSPS) is 13.3. The van der Waals surface area contributed by atoms with Crippen LogP contribution in [0.5, 0.6) is 0 Å². The molecule has 3 nitrogen and oxygen atoms in total. The van der Waals surface area contributed by atoms with Gasteiger partial charge in [0.2, 0.25) is 3.79 Å². The smallest absolute Gasteiger partial charge is 0.197 e. The van der Waals surface area contributed by atoms with E-state index in [4.69, 9.17) is 34.8 Å². The van der Waals surface area contributed by atoms with Crippen LogP contribution in [0.25, 0.3) is 0 Å². The molecule has 0 spiro atoms. The Labute approximate surface area is 98.1 Å². The highest BCUT2D eigenvalue weighted by atomic mass is 35.6. The number of alkyl halides is 3. The summed E-state index contributed by atoms with van der Waals surface area (Å²) in [6, 6.07) is 0. The number of rotatable bonds is 1. The zero-order valence-electron chi connectivity index (χ0n) is 8.24. The maximum absolute atomic E-state index is 5.74. The van der Waals surface area contributed by atoms with Gasteiger partial charge in [0.15, 0.2) is 0 Å². The number of halogens is 3. The van der Waals surface area contributed by atoms with Gasteiger partial charge in [0.25, 0.3) is 0 Å². The minimum absolute atomic E-state index is 0.0849. The molecule has 0 aliphatic carbocycles. The van der Waals surface area contributed by atoms with Crippen molar-refractivity contribution in [3.63, 3.8) is 0 Å². The van der Waals surface area contributed by atoms with Crippen molar-refractivity contribution in [3.8, 4) is 0 Å². The van der Waals surface area contributed by atoms with Crippen molar-refractivity contribution in [2.75, 3.05) is 0 Å². The van der Waals surface area contributed by atoms with E-state index in [0.717, 1.165) is 0 Å². The molecular weight excluding hydrogens is 244 g/mol. The van der Waals surface area contributed by atoms with Crippen LogP contribution in [0.3, 0.4) is 0 Å². The third-order valence-corrected chi connectivity index (χ3v) is 2.12. The van der Waals surface area contributed by atoms with E-state index in [1.54, 1.807) is 0 Å². The fourth-order valence-electron chi connectivity index (χ4n) is 1.11. The highest BCUT2D eigenvalue weighted by Crippen LogP contribution is 2.39. The SMILES string of the molecule is CC(C)(C)Cc1n[nH]nc1C(Cl)(Cl)Cl. The second kappa shape index (κ2) is 3.87. The van der Waals surface area contributed by atoms with Gasteiger partial charge in [-0.15, -0.1) is 0 Å². The van der Waals surface area contributed by atoms with E-state index in [2.05, 4.69) is 36.2 Å². The molecule has 80 valence electrons. The molecule has 0 aliphatic heterocycles. The number of aromatic nitrogens is 3. The highest BCUT2D eigenvalue weighted by molar-refractivity contribution is 6.66. The van der Waals surface area contributed by atoms with E-state index in [1.165, 1.54) is 0 Å². The predicted octanol–water partition coefficient (Wildman–Crippen LogP) is 3.22. The number of nitrogens with zero attached hydrogens (tertiary/aromatic N) is 2. The lowest BCUT2D eigenvalue weighted by molar-refractivity contribution is 0.405. The second-order valence-electron chi connectivity index (χ2n) is 4.35. The molecule has 0 aliphatic rings. The van der Waals surface area contributed by atoms with Gasteiger partial charge < -0.3 is 0 Å². The van der Waals surface area contributed by atoms with Crippen molar-refractivity contribution >= 4 is 34.8 Å². The van der Waals surface area contributed by atoms with Gasteiger partial charge in [-0.1, -0.05) is 55.6 Å². The van der Waals surface area contributed by atoms with Crippen LogP contribution in [0.15, 0.2) is 0 Å². The molecule has 0 saturated carbocycles. The summed E-state index contributed by atoms with van der Waals surface area (Å²) in [5.41, 5.74) is 1.18. The lowest BCUT2D eigenvalue weighted by Crippen LogP contribution is -2.14. The van der Waals surface area contributed by atoms with Gasteiger partial charge in [0.05, 0.1) is 5.69 Å². The van der Waals surface area contributed by atoms with Crippen molar-refractivity contribution in [1.82, 2.24) is 15.4 Å². The number of aromatic amines is 1. The maximum Gasteiger partial charge on any atom is 0.236 e. The number of H-pyrrole nitrogens is 1. The molecule has 0 unspecified atom stereocenters. The molecule has 0 bridgehead atoms. The molecule has 1 aromatic heterocycles. The molecule has 6 heteroatoms. The van der Waals surface area contributed by atoms with Crippen molar-refractivity contribution in [1.29, 1.82) is 0 Å². The molecule has 0 aromatic carbocycles. The van der Waals surface area contributed by atoms with Crippen molar-refractivity contribution in [2.45, 2.75) is 31.0 Å². The number of nitrogens with one attached hydrogen (secondary N) is 1. The Bertz CT molecular complexity index is 308. The van der Waals surface area contributed by atoms with Crippen LogP contribution in [0.1, 0.15) is 32.2 Å². The molecule has 0 amide bonds. The lowest BCUT2D eigenvalue weighted by atomic mass is 9.90. The van der Waals surface area contributed by atoms with E-state index < -0.39 is 3.79 Å². The minimum atomic E-state index is -1.51. The average molecular weight is 257 g/mol. The average Bonchev–Trinajstić information content (AvgIpc) is 2.29. The van der Waals surface area contributed by atoms with Crippen molar-refractivity contribution < 1.29 is 0 Å². The molecular formula is C8H12Cl3N3. The fraction of sp³-hybridized carbons (Fsp3) is 0.750. The summed E-state index contributed by atoms with van der Waals surface area (Å²) >= 11 is 17.2. The summed E-state index contributed by atoms with van der Waals surface area (Å²) in [4.78, 5) is 0. The summed E-state index contributed by atoms with van der Waals surface area (Å²) in [7, 11) is 0. The molecule has 0 fully saturated rings. The van der Waals surface area contributed by atoms with Crippen LogP contribution >= 0.6 is 34.8 Å². The van der Waals surface area contributed by atoms with Crippen LogP contribution in [0.2, 0.25) is 0 Å². The first kappa shape index (κ1) is 12.1. The molecule has 1 aromatic rings. The summed E-state index contributed by atoms with van der Waals surface area (Å²) in [6.45, 7) is 6.26. The zero-order chi connectivity index (χ0) is 11.0. The third-order valence-electron chi connectivity index (χ3n) is 1.59. The zero-order valence-corrected chi connectivity index (χ0v) is 10.5. The van der Waals surface area contributed by atoms with Gasteiger partial charge in [-0.05, 0) is 11.8 Å². The Morgan fingerprint density at radius 3 is 2.14 bits per heavy atom. The van der Waals surface area contributed by atoms with Gasteiger partial charge in [0.1, 0.15) is 5.69 Å². The molecule has 1 heterocycles. The summed E-state index contributed by atoms with van der Waals surface area (Å²) in [6.07, 6.45) is 0.715. The maximum atomic E-state index is 5.74. The Morgan fingerprint density at radius 2 is 1.71 bits per heavy atom. The van der Waals surface area contributed by atoms with E-state index in [-0.39, 0.29) is 5.41 Å². The van der Waals surface area contributed by atoms with E-state index in [9.17, 15) is 0 Å². The molecule has 0 saturated heterocycles. The lowest BCUT2D eigenvalue weighted by Gasteiger charge is -2.18. The topological polar surface area (TPSA) is 41.6 Å². The summed E-state index contributed by atoms with van der Waals surface area (Å²) in [5, 5.41) is 10.3. The first-order valence-electron chi connectivity index (χ1n) is 4.17. The standard InChI is InChI=1S/C8H12Cl3N3/c1-7(2,3)4-5-6(8(9,10)11)13-14-12-5/h4H2,1-3H3,(H,12,13,14). The van der Waals surface area contributed by atoms with Crippen LogP contribution in [-0.4, -0.2) is 15.4 Å². The third kappa shape index (κ3) is 3.30. The van der Waals surface area contributed by atoms with Gasteiger partial charge in [-0.3, -0.25) is 0 Å². The second-order valence-corrected chi connectivity index (χ2v) is 6.64. The Balaban J connectivity index is 2.95.